The lowest BCUT2D eigenvalue weighted by Gasteiger charge is -2.21. The third kappa shape index (κ3) is 6.15. The zero-order valence-electron chi connectivity index (χ0n) is 15.9. The smallest absolute Gasteiger partial charge is 0.224 e. The summed E-state index contributed by atoms with van der Waals surface area (Å²) in [6, 6.07) is 7.86. The van der Waals surface area contributed by atoms with Gasteiger partial charge in [-0.3, -0.25) is 9.79 Å². The molecule has 0 atom stereocenters. The third-order valence-corrected chi connectivity index (χ3v) is 4.63. The zero-order valence-corrected chi connectivity index (χ0v) is 16.7. The first-order valence-corrected chi connectivity index (χ1v) is 9.61. The van der Waals surface area contributed by atoms with Crippen molar-refractivity contribution in [1.29, 1.82) is 0 Å². The number of benzene rings is 1. The van der Waals surface area contributed by atoms with Gasteiger partial charge < -0.3 is 15.5 Å². The highest BCUT2D eigenvalue weighted by molar-refractivity contribution is 7.09. The molecule has 0 spiro atoms. The number of hydrogen-bond acceptors (Lipinski definition) is 4. The molecule has 2 rings (SSSR count). The van der Waals surface area contributed by atoms with Crippen molar-refractivity contribution in [3.05, 3.63) is 45.9 Å². The van der Waals surface area contributed by atoms with Gasteiger partial charge in [0, 0.05) is 38.1 Å². The van der Waals surface area contributed by atoms with Crippen LogP contribution in [-0.2, 0) is 17.9 Å². The summed E-state index contributed by atoms with van der Waals surface area (Å²) < 4.78 is 0. The minimum Gasteiger partial charge on any atom is -0.352 e. The van der Waals surface area contributed by atoms with Crippen molar-refractivity contribution < 1.29 is 4.79 Å². The number of carbonyl (C=O) groups excluding carboxylic acids is 1. The van der Waals surface area contributed by atoms with Crippen LogP contribution < -0.4 is 10.6 Å². The van der Waals surface area contributed by atoms with Crippen molar-refractivity contribution in [2.24, 2.45) is 4.99 Å². The molecule has 2 N–H and O–H groups in total. The molecule has 0 aliphatic heterocycles. The molecule has 140 valence electrons. The average Bonchev–Trinajstić information content (AvgIpc) is 3.02. The fourth-order valence-electron chi connectivity index (χ4n) is 2.52. The maximum atomic E-state index is 11.6. The Morgan fingerprint density at radius 2 is 2.04 bits per heavy atom. The highest BCUT2D eigenvalue weighted by Gasteiger charge is 2.09. The molecule has 1 amide bonds. The minimum absolute atomic E-state index is 0.0534. The van der Waals surface area contributed by atoms with Crippen molar-refractivity contribution in [3.63, 3.8) is 0 Å². The van der Waals surface area contributed by atoms with E-state index in [1.54, 1.807) is 18.4 Å². The Balaban J connectivity index is 1.86. The highest BCUT2D eigenvalue weighted by Crippen LogP contribution is 2.11. The minimum atomic E-state index is 0.0534. The molecule has 0 radical (unpaired) electrons. The SMILES string of the molecule is CCCC(=O)Nc1ccc(CNC(=NC)N(C)Cc2csc(C)n2)cc1. The van der Waals surface area contributed by atoms with Gasteiger partial charge in [0.15, 0.2) is 5.96 Å². The molecule has 1 aromatic heterocycles. The molecule has 0 bridgehead atoms. The molecule has 1 heterocycles. The summed E-state index contributed by atoms with van der Waals surface area (Å²) in [5.74, 6) is 0.869. The van der Waals surface area contributed by atoms with Crippen LogP contribution >= 0.6 is 11.3 Å². The van der Waals surface area contributed by atoms with E-state index >= 15 is 0 Å². The Kier molecular flexibility index (Phi) is 7.59. The Bertz CT molecular complexity index is 739. The predicted molar refractivity (Wildman–Crippen MR) is 108 cm³/mol. The second-order valence-electron chi connectivity index (χ2n) is 6.11. The lowest BCUT2D eigenvalue weighted by molar-refractivity contribution is -0.116. The first kappa shape index (κ1) is 19.9. The molecule has 0 unspecified atom stereocenters. The summed E-state index contributed by atoms with van der Waals surface area (Å²) in [5, 5.41) is 9.40. The van der Waals surface area contributed by atoms with E-state index in [-0.39, 0.29) is 5.91 Å². The Morgan fingerprint density at radius 3 is 2.62 bits per heavy atom. The number of rotatable bonds is 7. The van der Waals surface area contributed by atoms with E-state index < -0.39 is 0 Å². The van der Waals surface area contributed by atoms with Gasteiger partial charge in [-0.15, -0.1) is 11.3 Å². The van der Waals surface area contributed by atoms with E-state index in [0.717, 1.165) is 34.3 Å². The monoisotopic (exact) mass is 373 g/mol. The molecule has 26 heavy (non-hydrogen) atoms. The summed E-state index contributed by atoms with van der Waals surface area (Å²) >= 11 is 1.66. The largest absolute Gasteiger partial charge is 0.352 e. The van der Waals surface area contributed by atoms with Crippen LogP contribution in [0.5, 0.6) is 0 Å². The maximum absolute atomic E-state index is 11.6. The number of hydrogen-bond donors (Lipinski definition) is 2. The predicted octanol–water partition coefficient (Wildman–Crippen LogP) is 3.40. The summed E-state index contributed by atoms with van der Waals surface area (Å²) in [6.45, 7) is 5.38. The lowest BCUT2D eigenvalue weighted by atomic mass is 10.2. The normalized spacial score (nSPS) is 11.3. The number of guanidine groups is 1. The Labute approximate surface area is 159 Å². The number of carbonyl (C=O) groups is 1. The molecule has 0 saturated heterocycles. The average molecular weight is 374 g/mol. The molecule has 6 nitrogen and oxygen atoms in total. The van der Waals surface area contributed by atoms with Crippen LogP contribution in [0.3, 0.4) is 0 Å². The Hall–Kier alpha value is -2.41. The third-order valence-electron chi connectivity index (χ3n) is 3.80. The van der Waals surface area contributed by atoms with E-state index in [1.807, 2.05) is 50.1 Å². The second-order valence-corrected chi connectivity index (χ2v) is 7.17. The van der Waals surface area contributed by atoms with Gasteiger partial charge in [-0.05, 0) is 31.0 Å². The standard InChI is InChI=1S/C19H27N5OS/c1-5-6-18(25)23-16-9-7-15(8-10-16)11-21-19(20-3)24(4)12-17-13-26-14(2)22-17/h7-10,13H,5-6,11-12H2,1-4H3,(H,20,21)(H,23,25). The molecular weight excluding hydrogens is 346 g/mol. The summed E-state index contributed by atoms with van der Waals surface area (Å²) in [4.78, 5) is 22.5. The number of aromatic nitrogens is 1. The van der Waals surface area contributed by atoms with Crippen molar-refractivity contribution in [1.82, 2.24) is 15.2 Å². The lowest BCUT2D eigenvalue weighted by Crippen LogP contribution is -2.38. The van der Waals surface area contributed by atoms with Crippen molar-refractivity contribution >= 4 is 28.9 Å². The number of aryl methyl sites for hydroxylation is 1. The number of nitrogens with one attached hydrogen (secondary N) is 2. The van der Waals surface area contributed by atoms with E-state index in [1.165, 1.54) is 0 Å². The maximum Gasteiger partial charge on any atom is 0.224 e. The number of thiazole rings is 1. The number of anilines is 1. The first-order chi connectivity index (χ1) is 12.5. The van der Waals surface area contributed by atoms with Gasteiger partial charge in [-0.25, -0.2) is 4.98 Å². The van der Waals surface area contributed by atoms with Gasteiger partial charge in [0.05, 0.1) is 17.2 Å². The number of amides is 1. The quantitative estimate of drug-likeness (QED) is 0.576. The molecule has 0 aliphatic rings. The number of aliphatic imine (C=N–C) groups is 1. The zero-order chi connectivity index (χ0) is 18.9. The summed E-state index contributed by atoms with van der Waals surface area (Å²) in [7, 11) is 3.77. The van der Waals surface area contributed by atoms with Gasteiger partial charge in [-0.1, -0.05) is 19.1 Å². The Morgan fingerprint density at radius 1 is 1.31 bits per heavy atom. The van der Waals surface area contributed by atoms with Crippen molar-refractivity contribution in [3.8, 4) is 0 Å². The topological polar surface area (TPSA) is 69.6 Å². The van der Waals surface area contributed by atoms with E-state index in [0.29, 0.717) is 19.5 Å². The van der Waals surface area contributed by atoms with Crippen molar-refractivity contribution in [2.75, 3.05) is 19.4 Å². The van der Waals surface area contributed by atoms with Crippen LogP contribution in [0.2, 0.25) is 0 Å². The van der Waals surface area contributed by atoms with Crippen LogP contribution in [-0.4, -0.2) is 35.8 Å². The van der Waals surface area contributed by atoms with Crippen LogP contribution in [0.25, 0.3) is 0 Å². The van der Waals surface area contributed by atoms with Crippen LogP contribution in [0.15, 0.2) is 34.6 Å². The van der Waals surface area contributed by atoms with Gasteiger partial charge in [0.1, 0.15) is 0 Å². The number of nitrogens with zero attached hydrogens (tertiary/aromatic N) is 3. The molecular formula is C19H27N5OS. The van der Waals surface area contributed by atoms with Gasteiger partial charge in [0.2, 0.25) is 5.91 Å². The fourth-order valence-corrected chi connectivity index (χ4v) is 3.12. The second kappa shape index (κ2) is 9.91. The molecule has 2 aromatic rings. The fraction of sp³-hybridized carbons (Fsp3) is 0.421. The van der Waals surface area contributed by atoms with E-state index in [4.69, 9.17) is 0 Å². The van der Waals surface area contributed by atoms with Gasteiger partial charge in [-0.2, -0.15) is 0 Å². The molecule has 7 heteroatoms. The van der Waals surface area contributed by atoms with Crippen LogP contribution in [0, 0.1) is 6.92 Å². The molecule has 1 aromatic carbocycles. The summed E-state index contributed by atoms with van der Waals surface area (Å²) in [6.07, 6.45) is 1.39. The first-order valence-electron chi connectivity index (χ1n) is 8.73. The van der Waals surface area contributed by atoms with Gasteiger partial charge in [0.25, 0.3) is 0 Å². The summed E-state index contributed by atoms with van der Waals surface area (Å²) in [5.41, 5.74) is 3.00. The van der Waals surface area contributed by atoms with Gasteiger partial charge >= 0.3 is 0 Å². The molecule has 0 aliphatic carbocycles. The van der Waals surface area contributed by atoms with E-state index in [9.17, 15) is 4.79 Å². The van der Waals surface area contributed by atoms with Crippen LogP contribution in [0.4, 0.5) is 5.69 Å². The highest BCUT2D eigenvalue weighted by atomic mass is 32.1. The molecule has 0 fully saturated rings. The molecule has 0 saturated carbocycles. The van der Waals surface area contributed by atoms with E-state index in [2.05, 4.69) is 26.0 Å². The van der Waals surface area contributed by atoms with Crippen LogP contribution in [0.1, 0.15) is 36.0 Å². The van der Waals surface area contributed by atoms with Crippen molar-refractivity contribution in [2.45, 2.75) is 39.8 Å².